The summed E-state index contributed by atoms with van der Waals surface area (Å²) in [6.45, 7) is 5.82. The summed E-state index contributed by atoms with van der Waals surface area (Å²) in [5, 5.41) is 2.87. The first-order valence-electron chi connectivity index (χ1n) is 9.43. The predicted molar refractivity (Wildman–Crippen MR) is 120 cm³/mol. The quantitative estimate of drug-likeness (QED) is 0.562. The van der Waals surface area contributed by atoms with Gasteiger partial charge in [-0.3, -0.25) is 9.59 Å². The van der Waals surface area contributed by atoms with Crippen LogP contribution in [0.15, 0.2) is 53.0 Å². The van der Waals surface area contributed by atoms with Crippen molar-refractivity contribution < 1.29 is 14.0 Å². The van der Waals surface area contributed by atoms with Crippen molar-refractivity contribution in [3.8, 4) is 0 Å². The fourth-order valence-corrected chi connectivity index (χ4v) is 4.11. The Kier molecular flexibility index (Phi) is 9.17. The normalized spacial score (nSPS) is 11.9. The molecule has 2 rings (SSSR count). The summed E-state index contributed by atoms with van der Waals surface area (Å²) in [6, 6.07) is 13.6. The Bertz CT molecular complexity index is 847. The number of nitrogens with zero attached hydrogens (tertiary/aromatic N) is 1. The van der Waals surface area contributed by atoms with Gasteiger partial charge in [-0.1, -0.05) is 46.3 Å². The molecule has 0 saturated carbocycles. The van der Waals surface area contributed by atoms with Crippen LogP contribution in [-0.4, -0.2) is 34.6 Å². The van der Waals surface area contributed by atoms with E-state index in [-0.39, 0.29) is 29.4 Å². The molecular weight excluding hydrogens is 455 g/mol. The molecule has 2 aromatic carbocycles. The molecule has 0 saturated heterocycles. The van der Waals surface area contributed by atoms with Crippen LogP contribution in [0.2, 0.25) is 0 Å². The van der Waals surface area contributed by atoms with Crippen LogP contribution in [0.1, 0.15) is 31.9 Å². The van der Waals surface area contributed by atoms with Gasteiger partial charge >= 0.3 is 0 Å². The molecule has 0 aliphatic carbocycles. The fraction of sp³-hybridized carbons (Fsp3) is 0.364. The Morgan fingerprint density at radius 3 is 2.52 bits per heavy atom. The van der Waals surface area contributed by atoms with Crippen molar-refractivity contribution in [3.63, 3.8) is 0 Å². The van der Waals surface area contributed by atoms with Crippen LogP contribution in [-0.2, 0) is 21.9 Å². The van der Waals surface area contributed by atoms with Gasteiger partial charge in [0.25, 0.3) is 0 Å². The van der Waals surface area contributed by atoms with Crippen molar-refractivity contribution in [3.05, 3.63) is 69.9 Å². The number of benzene rings is 2. The summed E-state index contributed by atoms with van der Waals surface area (Å²) in [5.41, 5.74) is 1.49. The van der Waals surface area contributed by atoms with Crippen LogP contribution in [0.4, 0.5) is 4.39 Å². The van der Waals surface area contributed by atoms with Crippen molar-refractivity contribution in [2.45, 2.75) is 45.2 Å². The summed E-state index contributed by atoms with van der Waals surface area (Å²) < 4.78 is 14.7. The lowest BCUT2D eigenvalue weighted by atomic mass is 10.1. The number of hydrogen-bond donors (Lipinski definition) is 1. The van der Waals surface area contributed by atoms with Crippen LogP contribution in [0.3, 0.4) is 0 Å². The minimum atomic E-state index is -0.613. The second-order valence-electron chi connectivity index (χ2n) is 7.08. The van der Waals surface area contributed by atoms with Crippen molar-refractivity contribution >= 4 is 39.5 Å². The molecule has 29 heavy (non-hydrogen) atoms. The first-order chi connectivity index (χ1) is 13.8. The van der Waals surface area contributed by atoms with Gasteiger partial charge in [0.05, 0.1) is 5.75 Å². The van der Waals surface area contributed by atoms with Gasteiger partial charge in [-0.2, -0.15) is 0 Å². The largest absolute Gasteiger partial charge is 0.352 e. The average molecular weight is 481 g/mol. The zero-order valence-electron chi connectivity index (χ0n) is 16.8. The molecule has 0 aliphatic rings. The van der Waals surface area contributed by atoms with Gasteiger partial charge in [0, 0.05) is 22.8 Å². The zero-order chi connectivity index (χ0) is 21.4. The number of hydrogen-bond acceptors (Lipinski definition) is 3. The summed E-state index contributed by atoms with van der Waals surface area (Å²) in [5.74, 6) is -0.0551. The number of amides is 2. The van der Waals surface area contributed by atoms with E-state index in [4.69, 9.17) is 0 Å². The Morgan fingerprint density at radius 2 is 1.86 bits per heavy atom. The molecule has 0 fully saturated rings. The summed E-state index contributed by atoms with van der Waals surface area (Å²) in [7, 11) is 0. The number of halogens is 2. The number of rotatable bonds is 9. The maximum Gasteiger partial charge on any atom is 0.242 e. The lowest BCUT2D eigenvalue weighted by Crippen LogP contribution is -2.49. The zero-order valence-corrected chi connectivity index (χ0v) is 19.2. The number of carbonyl (C=O) groups excluding carboxylic acids is 2. The van der Waals surface area contributed by atoms with Gasteiger partial charge < -0.3 is 10.2 Å². The Hall–Kier alpha value is -1.86. The van der Waals surface area contributed by atoms with E-state index in [0.717, 1.165) is 10.0 Å². The van der Waals surface area contributed by atoms with E-state index < -0.39 is 6.04 Å². The molecule has 4 nitrogen and oxygen atoms in total. The molecule has 1 unspecified atom stereocenters. The highest BCUT2D eigenvalue weighted by molar-refractivity contribution is 9.10. The van der Waals surface area contributed by atoms with Crippen LogP contribution >= 0.6 is 27.7 Å². The standard InChI is InChI=1S/C22H26BrFN2O2S/c1-15(2)25-22(28)16(3)26(12-17-7-6-9-19(23)11-17)21(27)14-29-13-18-8-4-5-10-20(18)24/h4-11,15-16H,12-14H2,1-3H3,(H,25,28). The lowest BCUT2D eigenvalue weighted by molar-refractivity contribution is -0.138. The van der Waals surface area contributed by atoms with Crippen molar-refractivity contribution in [2.75, 3.05) is 5.75 Å². The Labute approximate surface area is 184 Å². The number of carbonyl (C=O) groups is 2. The SMILES string of the molecule is CC(C)NC(=O)C(C)N(Cc1cccc(Br)c1)C(=O)CSCc1ccccc1F. The monoisotopic (exact) mass is 480 g/mol. The lowest BCUT2D eigenvalue weighted by Gasteiger charge is -2.29. The molecule has 7 heteroatoms. The van der Waals surface area contributed by atoms with Crippen molar-refractivity contribution in [1.82, 2.24) is 10.2 Å². The van der Waals surface area contributed by atoms with Gasteiger partial charge in [-0.25, -0.2) is 4.39 Å². The van der Waals surface area contributed by atoms with E-state index in [1.54, 1.807) is 30.0 Å². The van der Waals surface area contributed by atoms with Gasteiger partial charge in [-0.05, 0) is 50.1 Å². The first-order valence-corrected chi connectivity index (χ1v) is 11.4. The molecule has 0 spiro atoms. The molecule has 1 N–H and O–H groups in total. The Balaban J connectivity index is 2.09. The molecule has 0 aliphatic heterocycles. The number of thioether (sulfide) groups is 1. The predicted octanol–water partition coefficient (Wildman–Crippen LogP) is 4.76. The molecule has 0 aromatic heterocycles. The minimum absolute atomic E-state index is 0.0109. The van der Waals surface area contributed by atoms with Gasteiger partial charge in [0.15, 0.2) is 0 Å². The van der Waals surface area contributed by atoms with Gasteiger partial charge in [-0.15, -0.1) is 11.8 Å². The molecule has 156 valence electrons. The van der Waals surface area contributed by atoms with Crippen LogP contribution in [0, 0.1) is 5.82 Å². The molecule has 0 bridgehead atoms. The van der Waals surface area contributed by atoms with E-state index in [1.807, 2.05) is 38.1 Å². The number of nitrogens with one attached hydrogen (secondary N) is 1. The molecule has 2 amide bonds. The van der Waals surface area contributed by atoms with Crippen molar-refractivity contribution in [1.29, 1.82) is 0 Å². The van der Waals surface area contributed by atoms with E-state index in [2.05, 4.69) is 21.2 Å². The molecule has 0 radical (unpaired) electrons. The maximum absolute atomic E-state index is 13.8. The molecule has 0 heterocycles. The van der Waals surface area contributed by atoms with Gasteiger partial charge in [0.1, 0.15) is 11.9 Å². The van der Waals surface area contributed by atoms with E-state index >= 15 is 0 Å². The first kappa shape index (κ1) is 23.4. The highest BCUT2D eigenvalue weighted by Gasteiger charge is 2.26. The second kappa shape index (κ2) is 11.4. The third-order valence-corrected chi connectivity index (χ3v) is 5.74. The minimum Gasteiger partial charge on any atom is -0.352 e. The highest BCUT2D eigenvalue weighted by atomic mass is 79.9. The average Bonchev–Trinajstić information content (AvgIpc) is 2.66. The highest BCUT2D eigenvalue weighted by Crippen LogP contribution is 2.19. The smallest absolute Gasteiger partial charge is 0.242 e. The summed E-state index contributed by atoms with van der Waals surface area (Å²) in [4.78, 5) is 27.1. The summed E-state index contributed by atoms with van der Waals surface area (Å²) in [6.07, 6.45) is 0. The molecule has 2 aromatic rings. The van der Waals surface area contributed by atoms with Crippen LogP contribution in [0.5, 0.6) is 0 Å². The van der Waals surface area contributed by atoms with Gasteiger partial charge in [0.2, 0.25) is 11.8 Å². The second-order valence-corrected chi connectivity index (χ2v) is 8.98. The van der Waals surface area contributed by atoms with Crippen LogP contribution in [0.25, 0.3) is 0 Å². The van der Waals surface area contributed by atoms with Crippen LogP contribution < -0.4 is 5.32 Å². The van der Waals surface area contributed by atoms with E-state index in [0.29, 0.717) is 17.9 Å². The summed E-state index contributed by atoms with van der Waals surface area (Å²) >= 11 is 4.78. The van der Waals surface area contributed by atoms with E-state index in [9.17, 15) is 14.0 Å². The molecular formula is C22H26BrFN2O2S. The third-order valence-electron chi connectivity index (χ3n) is 4.28. The Morgan fingerprint density at radius 1 is 1.14 bits per heavy atom. The van der Waals surface area contributed by atoms with Crippen molar-refractivity contribution in [2.24, 2.45) is 0 Å². The maximum atomic E-state index is 13.8. The third kappa shape index (κ3) is 7.48. The topological polar surface area (TPSA) is 49.4 Å². The van der Waals surface area contributed by atoms with E-state index in [1.165, 1.54) is 17.8 Å². The fourth-order valence-electron chi connectivity index (χ4n) is 2.77. The molecule has 1 atom stereocenters.